The van der Waals surface area contributed by atoms with E-state index in [1.807, 2.05) is 12.1 Å². The molecule has 0 aliphatic heterocycles. The molecule has 1 heterocycles. The molecule has 0 unspecified atom stereocenters. The average Bonchev–Trinajstić information content (AvgIpc) is 2.71. The van der Waals surface area contributed by atoms with Crippen molar-refractivity contribution in [3.8, 4) is 5.88 Å². The number of hydrogen-bond donors (Lipinski definition) is 2. The van der Waals surface area contributed by atoms with Crippen LogP contribution in [0.15, 0.2) is 64.1 Å². The third-order valence-electron chi connectivity index (χ3n) is 4.03. The van der Waals surface area contributed by atoms with Gasteiger partial charge in [0.05, 0.1) is 6.54 Å². The summed E-state index contributed by atoms with van der Waals surface area (Å²) in [6.07, 6.45) is 0.283. The minimum absolute atomic E-state index is 0.147. The molecule has 29 heavy (non-hydrogen) atoms. The van der Waals surface area contributed by atoms with Gasteiger partial charge in [0.2, 0.25) is 5.88 Å². The molecule has 1 amide bonds. The van der Waals surface area contributed by atoms with Crippen LogP contribution in [0.25, 0.3) is 0 Å². The van der Waals surface area contributed by atoms with Gasteiger partial charge in [-0.1, -0.05) is 36.4 Å². The molecule has 0 bridgehead atoms. The molecule has 0 aliphatic carbocycles. The Hall–Kier alpha value is -3.20. The first kappa shape index (κ1) is 20.5. The van der Waals surface area contributed by atoms with Gasteiger partial charge in [-0.3, -0.25) is 9.36 Å². The van der Waals surface area contributed by atoms with E-state index in [0.29, 0.717) is 0 Å². The van der Waals surface area contributed by atoms with E-state index in [1.54, 1.807) is 24.3 Å². The van der Waals surface area contributed by atoms with E-state index in [2.05, 4.69) is 26.2 Å². The Bertz CT molecular complexity index is 1070. The molecule has 3 rings (SSSR count). The molecule has 0 aliphatic rings. The smallest absolute Gasteiger partial charge is 0.404 e. The minimum Gasteiger partial charge on any atom is -0.472 e. The van der Waals surface area contributed by atoms with E-state index in [4.69, 9.17) is 9.84 Å². The first-order valence-corrected chi connectivity index (χ1v) is 9.38. The fraction of sp³-hybridized carbons (Fsp3) is 0.150. The second-order valence-corrected chi connectivity index (χ2v) is 6.98. The highest BCUT2D eigenvalue weighted by atomic mass is 79.9. The van der Waals surface area contributed by atoms with Crippen LogP contribution in [0.4, 0.5) is 9.18 Å². The SMILES string of the molecule is O=C(O)NCc1cccc(Cn2cnc(OCc3ccc(F)cc3)c(Br)c2=O)c1. The fourth-order valence-corrected chi connectivity index (χ4v) is 3.05. The van der Waals surface area contributed by atoms with Gasteiger partial charge in [0.25, 0.3) is 5.56 Å². The standard InChI is InChI=1S/C20H17BrFN3O4/c21-17-18(29-11-13-4-6-16(22)7-5-13)24-12-25(19(17)26)10-15-3-1-2-14(8-15)9-23-20(27)28/h1-8,12,23H,9-11H2,(H,27,28). The van der Waals surface area contributed by atoms with Gasteiger partial charge >= 0.3 is 6.09 Å². The lowest BCUT2D eigenvalue weighted by atomic mass is 10.1. The normalized spacial score (nSPS) is 10.6. The molecule has 0 atom stereocenters. The lowest BCUT2D eigenvalue weighted by Crippen LogP contribution is -2.23. The van der Waals surface area contributed by atoms with E-state index in [0.717, 1.165) is 16.7 Å². The minimum atomic E-state index is -1.10. The van der Waals surface area contributed by atoms with Gasteiger partial charge in [-0.2, -0.15) is 0 Å². The number of amides is 1. The summed E-state index contributed by atoms with van der Waals surface area (Å²) in [6.45, 7) is 0.591. The third-order valence-corrected chi connectivity index (χ3v) is 4.71. The maximum atomic E-state index is 13.0. The van der Waals surface area contributed by atoms with Crippen molar-refractivity contribution in [3.63, 3.8) is 0 Å². The molecule has 3 aromatic rings. The van der Waals surface area contributed by atoms with Crippen LogP contribution in [0, 0.1) is 5.82 Å². The first-order valence-electron chi connectivity index (χ1n) is 8.59. The predicted molar refractivity (Wildman–Crippen MR) is 107 cm³/mol. The highest BCUT2D eigenvalue weighted by molar-refractivity contribution is 9.10. The summed E-state index contributed by atoms with van der Waals surface area (Å²) in [4.78, 5) is 27.4. The molecular formula is C20H17BrFN3O4. The molecule has 7 nitrogen and oxygen atoms in total. The summed E-state index contributed by atoms with van der Waals surface area (Å²) in [6, 6.07) is 13.1. The van der Waals surface area contributed by atoms with Crippen LogP contribution in [0.1, 0.15) is 16.7 Å². The highest BCUT2D eigenvalue weighted by Crippen LogP contribution is 2.19. The monoisotopic (exact) mass is 461 g/mol. The third kappa shape index (κ3) is 5.64. The summed E-state index contributed by atoms with van der Waals surface area (Å²) in [5, 5.41) is 11.0. The van der Waals surface area contributed by atoms with Gasteiger partial charge < -0.3 is 15.2 Å². The molecular weight excluding hydrogens is 445 g/mol. The number of carbonyl (C=O) groups is 1. The van der Waals surface area contributed by atoms with Gasteiger partial charge in [0.15, 0.2) is 0 Å². The van der Waals surface area contributed by atoms with Crippen LogP contribution < -0.4 is 15.6 Å². The molecule has 0 radical (unpaired) electrons. The first-order chi connectivity index (χ1) is 13.9. The zero-order valence-corrected chi connectivity index (χ0v) is 16.7. The van der Waals surface area contributed by atoms with Crippen molar-refractivity contribution < 1.29 is 19.0 Å². The summed E-state index contributed by atoms with van der Waals surface area (Å²) < 4.78 is 20.1. The van der Waals surface area contributed by atoms with Crippen molar-refractivity contribution in [1.82, 2.24) is 14.9 Å². The molecule has 1 aromatic heterocycles. The van der Waals surface area contributed by atoms with E-state index >= 15 is 0 Å². The number of rotatable bonds is 7. The number of nitrogens with one attached hydrogen (secondary N) is 1. The van der Waals surface area contributed by atoms with Crippen LogP contribution in [0.3, 0.4) is 0 Å². The van der Waals surface area contributed by atoms with E-state index in [1.165, 1.54) is 23.0 Å². The predicted octanol–water partition coefficient (Wildman–Crippen LogP) is 3.54. The highest BCUT2D eigenvalue weighted by Gasteiger charge is 2.11. The molecule has 9 heteroatoms. The van der Waals surface area contributed by atoms with E-state index < -0.39 is 6.09 Å². The maximum Gasteiger partial charge on any atom is 0.404 e. The van der Waals surface area contributed by atoms with Crippen molar-refractivity contribution in [2.75, 3.05) is 0 Å². The fourth-order valence-electron chi connectivity index (χ4n) is 2.61. The van der Waals surface area contributed by atoms with E-state index in [-0.39, 0.29) is 41.4 Å². The van der Waals surface area contributed by atoms with Crippen molar-refractivity contribution in [3.05, 3.63) is 92.2 Å². The number of carboxylic acid groups (broad SMARTS) is 1. The van der Waals surface area contributed by atoms with Crippen LogP contribution >= 0.6 is 15.9 Å². The molecule has 2 N–H and O–H groups in total. The number of benzene rings is 2. The van der Waals surface area contributed by atoms with Gasteiger partial charge in [-0.25, -0.2) is 14.2 Å². The number of halogens is 2. The quantitative estimate of drug-likeness (QED) is 0.561. The zero-order chi connectivity index (χ0) is 20.8. The number of aromatic nitrogens is 2. The maximum absolute atomic E-state index is 13.0. The van der Waals surface area contributed by atoms with E-state index in [9.17, 15) is 14.0 Å². The second kappa shape index (κ2) is 9.33. The molecule has 0 saturated heterocycles. The Morgan fingerprint density at radius 2 is 1.90 bits per heavy atom. The summed E-state index contributed by atoms with van der Waals surface area (Å²) >= 11 is 3.23. The Kier molecular flexibility index (Phi) is 6.61. The van der Waals surface area contributed by atoms with Crippen molar-refractivity contribution in [1.29, 1.82) is 0 Å². The molecule has 0 saturated carbocycles. The van der Waals surface area contributed by atoms with Crippen LogP contribution in [-0.2, 0) is 19.7 Å². The van der Waals surface area contributed by atoms with Crippen molar-refractivity contribution >= 4 is 22.0 Å². The summed E-state index contributed by atoms with van der Waals surface area (Å²) in [5.74, 6) is -0.187. The van der Waals surface area contributed by atoms with Crippen LogP contribution in [0.2, 0.25) is 0 Å². The van der Waals surface area contributed by atoms with Crippen molar-refractivity contribution in [2.45, 2.75) is 19.7 Å². The van der Waals surface area contributed by atoms with Crippen molar-refractivity contribution in [2.24, 2.45) is 0 Å². The van der Waals surface area contributed by atoms with Gasteiger partial charge in [0.1, 0.15) is 23.2 Å². The Morgan fingerprint density at radius 3 is 2.62 bits per heavy atom. The Labute approximate surface area is 173 Å². The Morgan fingerprint density at radius 1 is 1.17 bits per heavy atom. The summed E-state index contributed by atoms with van der Waals surface area (Å²) in [5.41, 5.74) is 2.04. The van der Waals surface area contributed by atoms with Gasteiger partial charge in [0, 0.05) is 6.54 Å². The van der Waals surface area contributed by atoms with Crippen LogP contribution in [0.5, 0.6) is 5.88 Å². The molecule has 0 fully saturated rings. The van der Waals surface area contributed by atoms with Gasteiger partial charge in [-0.15, -0.1) is 0 Å². The second-order valence-electron chi connectivity index (χ2n) is 6.19. The average molecular weight is 462 g/mol. The molecule has 0 spiro atoms. The molecule has 150 valence electrons. The lowest BCUT2D eigenvalue weighted by Gasteiger charge is -2.11. The summed E-state index contributed by atoms with van der Waals surface area (Å²) in [7, 11) is 0. The van der Waals surface area contributed by atoms with Crippen LogP contribution in [-0.4, -0.2) is 20.8 Å². The zero-order valence-electron chi connectivity index (χ0n) is 15.1. The molecule has 2 aromatic carbocycles. The number of ether oxygens (including phenoxy) is 1. The number of nitrogens with zero attached hydrogens (tertiary/aromatic N) is 2. The van der Waals surface area contributed by atoms with Gasteiger partial charge in [-0.05, 0) is 44.8 Å². The number of hydrogen-bond acceptors (Lipinski definition) is 4. The topological polar surface area (TPSA) is 93.5 Å². The Balaban J connectivity index is 1.70. The lowest BCUT2D eigenvalue weighted by molar-refractivity contribution is 0.194. The largest absolute Gasteiger partial charge is 0.472 e.